The van der Waals surface area contributed by atoms with Gasteiger partial charge < -0.3 is 13.8 Å². The van der Waals surface area contributed by atoms with E-state index in [1.165, 1.54) is 55.6 Å². The van der Waals surface area contributed by atoms with Crippen LogP contribution in [0.15, 0.2) is 164 Å². The van der Waals surface area contributed by atoms with E-state index in [1.54, 1.807) is 0 Å². The summed E-state index contributed by atoms with van der Waals surface area (Å²) < 4.78 is 4.28. The molecule has 0 amide bonds. The Labute approximate surface area is 471 Å². The van der Waals surface area contributed by atoms with Gasteiger partial charge >= 0.3 is 20.1 Å². The van der Waals surface area contributed by atoms with Crippen LogP contribution in [-0.2, 0) is 56.6 Å². The second-order valence-electron chi connectivity index (χ2n) is 23.0. The molecule has 7 aromatic carbocycles. The van der Waals surface area contributed by atoms with E-state index >= 15 is 0 Å². The van der Waals surface area contributed by atoms with Crippen molar-refractivity contribution in [1.82, 2.24) is 33.7 Å². The Hall–Kier alpha value is -7.90. The van der Waals surface area contributed by atoms with E-state index in [4.69, 9.17) is 24.9 Å². The van der Waals surface area contributed by atoms with E-state index in [0.29, 0.717) is 0 Å². The second kappa shape index (κ2) is 20.8. The molecule has 0 spiro atoms. The Morgan fingerprint density at radius 1 is 0.449 bits per heavy atom. The number of imidazole rings is 2. The van der Waals surface area contributed by atoms with Gasteiger partial charge in [0.1, 0.15) is 11.6 Å². The zero-order valence-corrected chi connectivity index (χ0v) is 48.3. The van der Waals surface area contributed by atoms with E-state index in [9.17, 15) is 0 Å². The Morgan fingerprint density at radius 2 is 0.987 bits per heavy atom. The van der Waals surface area contributed by atoms with Crippen LogP contribution in [-0.4, -0.2) is 33.7 Å². The fourth-order valence-electron chi connectivity index (χ4n) is 11.0. The number of fused-ring (bicyclic) bond motifs is 6. The standard InChI is InChI=1S/C70H62N7.Ir/c1-44-34-52(51-16-11-10-12-17-51)28-32-57(44)53-18-15-19-54(40-53)62-33-29-55(41-71-62)58-20-13-14-21-59(58)56-36-49(24-22-47-26-30-60-63(38-47)74-67(69(4,5)6)76-42-45(2)72-65(60)76)35-50(37-56)25-23-48-27-31-61-64(39-48)75-68(70(7,8)9)77-43-46(3)73-66(61)77;/h10-18,20-21,26-29,32-43H,22-25H2,1-9H3;/q-3;+3. The smallest absolute Gasteiger partial charge is 0.328 e. The van der Waals surface area contributed by atoms with Crippen molar-refractivity contribution in [1.29, 1.82) is 0 Å². The van der Waals surface area contributed by atoms with Crippen LogP contribution >= 0.6 is 0 Å². The summed E-state index contributed by atoms with van der Waals surface area (Å²) in [5.41, 5.74) is 22.7. The second-order valence-corrected chi connectivity index (χ2v) is 23.0. The summed E-state index contributed by atoms with van der Waals surface area (Å²) in [6.45, 7) is 19.5. The number of aromatic nitrogens is 7. The first kappa shape index (κ1) is 52.2. The van der Waals surface area contributed by atoms with Crippen molar-refractivity contribution in [3.63, 3.8) is 0 Å². The number of hydrogen-bond acceptors (Lipinski definition) is 5. The minimum Gasteiger partial charge on any atom is -0.328 e. The van der Waals surface area contributed by atoms with Crippen LogP contribution in [0.25, 0.3) is 88.9 Å². The molecule has 0 saturated carbocycles. The molecule has 7 nitrogen and oxygen atoms in total. The summed E-state index contributed by atoms with van der Waals surface area (Å²) >= 11 is 0. The van der Waals surface area contributed by atoms with Gasteiger partial charge in [-0.15, -0.1) is 82.9 Å². The molecule has 0 atom stereocenters. The average Bonchev–Trinajstić information content (AvgIpc) is 4.22. The number of hydrogen-bond donors (Lipinski definition) is 0. The normalized spacial score (nSPS) is 12.0. The van der Waals surface area contributed by atoms with Gasteiger partial charge in [0.25, 0.3) is 0 Å². The Bertz CT molecular complexity index is 4050. The third kappa shape index (κ3) is 10.4. The molecular weight excluding hydrogens is 1130 g/mol. The van der Waals surface area contributed by atoms with Crippen molar-refractivity contribution < 1.29 is 20.1 Å². The molecule has 12 rings (SSSR count). The van der Waals surface area contributed by atoms with Gasteiger partial charge in [0, 0.05) is 40.8 Å². The maximum Gasteiger partial charge on any atom is 3.00 e. The molecule has 0 aliphatic carbocycles. The van der Waals surface area contributed by atoms with Crippen LogP contribution < -0.4 is 0 Å². The Kier molecular flexibility index (Phi) is 13.9. The minimum absolute atomic E-state index is 0. The third-order valence-electron chi connectivity index (χ3n) is 14.8. The van der Waals surface area contributed by atoms with E-state index in [-0.39, 0.29) is 30.9 Å². The van der Waals surface area contributed by atoms with Gasteiger partial charge in [-0.05, 0) is 106 Å². The van der Waals surface area contributed by atoms with Crippen molar-refractivity contribution in [2.75, 3.05) is 0 Å². The van der Waals surface area contributed by atoms with E-state index in [1.807, 2.05) is 26.1 Å². The quantitative estimate of drug-likeness (QED) is 0.121. The molecule has 12 aromatic rings. The van der Waals surface area contributed by atoms with Gasteiger partial charge in [0.15, 0.2) is 0 Å². The molecule has 0 aliphatic rings. The van der Waals surface area contributed by atoms with Crippen LogP contribution in [0.5, 0.6) is 0 Å². The predicted octanol–water partition coefficient (Wildman–Crippen LogP) is 16.3. The number of rotatable bonds is 11. The van der Waals surface area contributed by atoms with Gasteiger partial charge in [-0.3, -0.25) is 19.9 Å². The van der Waals surface area contributed by atoms with E-state index in [0.717, 1.165) is 110 Å². The van der Waals surface area contributed by atoms with Crippen molar-refractivity contribution in [3.05, 3.63) is 233 Å². The third-order valence-corrected chi connectivity index (χ3v) is 14.8. The zero-order chi connectivity index (χ0) is 53.2. The maximum absolute atomic E-state index is 5.24. The summed E-state index contributed by atoms with van der Waals surface area (Å²) in [4.78, 5) is 25.4. The van der Waals surface area contributed by atoms with Crippen molar-refractivity contribution in [2.24, 2.45) is 0 Å². The molecule has 0 saturated heterocycles. The van der Waals surface area contributed by atoms with Gasteiger partial charge in [-0.25, -0.2) is 0 Å². The number of benzene rings is 7. The summed E-state index contributed by atoms with van der Waals surface area (Å²) in [6, 6.07) is 63.3. The van der Waals surface area contributed by atoms with E-state index in [2.05, 4.69) is 227 Å². The SMILES string of the molecule is Cc1cn2c(C(C)(C)C)nc3cc(CCc4cc(CCc5c[c-]c6c(c5)nc(C(C)(C)C)n5cc(C)nc65)cc(-c5ccccc5-c5ccc(-c6[c-]ccc(-c7ccc(-c8ccccc8)cc7C)c6)nc5)c4)c[c-]c3c2n1.[Ir+3]. The Balaban J connectivity index is 0.00000645. The maximum atomic E-state index is 5.24. The van der Waals surface area contributed by atoms with E-state index < -0.39 is 0 Å². The summed E-state index contributed by atoms with van der Waals surface area (Å²) in [5, 5.41) is 1.90. The molecule has 0 fully saturated rings. The van der Waals surface area contributed by atoms with Crippen LogP contribution in [0, 0.1) is 39.0 Å². The summed E-state index contributed by atoms with van der Waals surface area (Å²) in [5.74, 6) is 1.99. The fourth-order valence-corrected chi connectivity index (χ4v) is 11.0. The molecule has 386 valence electrons. The molecule has 78 heavy (non-hydrogen) atoms. The first-order valence-electron chi connectivity index (χ1n) is 26.9. The van der Waals surface area contributed by atoms with Crippen LogP contribution in [0.1, 0.15) is 92.4 Å². The van der Waals surface area contributed by atoms with Crippen LogP contribution in [0.2, 0.25) is 0 Å². The predicted molar refractivity (Wildman–Crippen MR) is 315 cm³/mol. The molecule has 0 radical (unpaired) electrons. The van der Waals surface area contributed by atoms with Crippen molar-refractivity contribution in [3.8, 4) is 55.8 Å². The van der Waals surface area contributed by atoms with Gasteiger partial charge in [0.2, 0.25) is 0 Å². The van der Waals surface area contributed by atoms with Gasteiger partial charge in [-0.2, -0.15) is 0 Å². The summed E-state index contributed by atoms with van der Waals surface area (Å²) in [6.07, 6.45) is 9.57. The molecule has 5 aromatic heterocycles. The molecule has 0 N–H and O–H groups in total. The minimum atomic E-state index is -0.163. The molecular formula is C70H62IrN7. The zero-order valence-electron chi connectivity index (χ0n) is 45.9. The van der Waals surface area contributed by atoms with Crippen molar-refractivity contribution >= 4 is 33.1 Å². The molecule has 0 aliphatic heterocycles. The fraction of sp³-hybridized carbons (Fsp3) is 0.214. The first-order chi connectivity index (χ1) is 37.1. The van der Waals surface area contributed by atoms with Crippen LogP contribution in [0.3, 0.4) is 0 Å². The number of nitrogens with zero attached hydrogens (tertiary/aromatic N) is 7. The Morgan fingerprint density at radius 3 is 1.53 bits per heavy atom. The largest absolute Gasteiger partial charge is 3.00 e. The molecule has 8 heteroatoms. The van der Waals surface area contributed by atoms with Gasteiger partial charge in [0.05, 0.1) is 11.3 Å². The average molecular weight is 1190 g/mol. The number of pyridine rings is 1. The van der Waals surface area contributed by atoms with Crippen molar-refractivity contribution in [2.45, 2.75) is 98.8 Å². The molecule has 0 unspecified atom stereocenters. The summed E-state index contributed by atoms with van der Waals surface area (Å²) in [7, 11) is 0. The monoisotopic (exact) mass is 1190 g/mol. The number of aryl methyl sites for hydroxylation is 7. The topological polar surface area (TPSA) is 73.3 Å². The van der Waals surface area contributed by atoms with Crippen LogP contribution in [0.4, 0.5) is 0 Å². The van der Waals surface area contributed by atoms with Gasteiger partial charge in [-0.1, -0.05) is 168 Å². The molecule has 5 heterocycles. The first-order valence-corrected chi connectivity index (χ1v) is 26.9. The molecule has 0 bridgehead atoms.